The van der Waals surface area contributed by atoms with Gasteiger partial charge in [-0.2, -0.15) is 0 Å². The van der Waals surface area contributed by atoms with Gasteiger partial charge < -0.3 is 18.0 Å². The standard InChI is InChI=1S/C30H54O4Si/c1-5-9-10-11-12-13-14-16-27-17-19-28(20-18-27)29-21-23-30(24-22-29)31-25-15-26-35(32-6-2,33-7-3)34-8-4/h21-24,27-28H,5-20,25-26H2,1-4H3. The molecule has 0 aliphatic heterocycles. The van der Waals surface area contributed by atoms with E-state index in [1.807, 2.05) is 20.8 Å². The zero-order chi connectivity index (χ0) is 25.2. The number of ether oxygens (including phenoxy) is 1. The second-order valence-corrected chi connectivity index (χ2v) is 12.9. The summed E-state index contributed by atoms with van der Waals surface area (Å²) >= 11 is 0. The summed E-state index contributed by atoms with van der Waals surface area (Å²) in [7, 11) is -2.57. The van der Waals surface area contributed by atoms with E-state index in [2.05, 4.69) is 31.2 Å². The molecule has 1 aliphatic rings. The zero-order valence-corrected chi connectivity index (χ0v) is 24.3. The van der Waals surface area contributed by atoms with Crippen LogP contribution in [0.15, 0.2) is 24.3 Å². The summed E-state index contributed by atoms with van der Waals surface area (Å²) in [5.41, 5.74) is 1.49. The Morgan fingerprint density at radius 3 is 1.83 bits per heavy atom. The molecule has 4 nitrogen and oxygen atoms in total. The van der Waals surface area contributed by atoms with Gasteiger partial charge in [-0.25, -0.2) is 0 Å². The summed E-state index contributed by atoms with van der Waals surface area (Å²) in [6.45, 7) is 10.8. The van der Waals surface area contributed by atoms with Crippen LogP contribution in [0.3, 0.4) is 0 Å². The van der Waals surface area contributed by atoms with E-state index in [9.17, 15) is 0 Å². The first-order chi connectivity index (χ1) is 17.2. The van der Waals surface area contributed by atoms with E-state index in [1.165, 1.54) is 82.6 Å². The van der Waals surface area contributed by atoms with Crippen molar-refractivity contribution in [2.45, 2.75) is 123 Å². The van der Waals surface area contributed by atoms with Gasteiger partial charge in [0.2, 0.25) is 0 Å². The summed E-state index contributed by atoms with van der Waals surface area (Å²) in [5.74, 6) is 2.65. The summed E-state index contributed by atoms with van der Waals surface area (Å²) in [6, 6.07) is 9.67. The minimum absolute atomic E-state index is 0.621. The van der Waals surface area contributed by atoms with Gasteiger partial charge >= 0.3 is 8.80 Å². The highest BCUT2D eigenvalue weighted by Gasteiger charge is 2.39. The second kappa shape index (κ2) is 18.4. The van der Waals surface area contributed by atoms with Gasteiger partial charge in [0.15, 0.2) is 0 Å². The van der Waals surface area contributed by atoms with Crippen LogP contribution in [0, 0.1) is 5.92 Å². The third-order valence-electron chi connectivity index (χ3n) is 7.40. The quantitative estimate of drug-likeness (QED) is 0.131. The van der Waals surface area contributed by atoms with Crippen molar-refractivity contribution in [2.75, 3.05) is 26.4 Å². The molecule has 1 aromatic rings. The van der Waals surface area contributed by atoms with E-state index in [4.69, 9.17) is 18.0 Å². The lowest BCUT2D eigenvalue weighted by atomic mass is 9.77. The SMILES string of the molecule is CCCCCCCCCC1CCC(c2ccc(OCCC[Si](OCC)(OCC)OCC)cc2)CC1. The molecular weight excluding hydrogens is 452 g/mol. The van der Waals surface area contributed by atoms with Crippen molar-refractivity contribution < 1.29 is 18.0 Å². The lowest BCUT2D eigenvalue weighted by Gasteiger charge is -2.29. The normalized spacial score (nSPS) is 18.6. The van der Waals surface area contributed by atoms with Crippen molar-refractivity contribution in [1.29, 1.82) is 0 Å². The molecular formula is C30H54O4Si. The van der Waals surface area contributed by atoms with Gasteiger partial charge in [-0.05, 0) is 82.4 Å². The van der Waals surface area contributed by atoms with Crippen molar-refractivity contribution in [2.24, 2.45) is 5.92 Å². The Morgan fingerprint density at radius 2 is 1.26 bits per heavy atom. The first-order valence-corrected chi connectivity index (χ1v) is 16.7. The van der Waals surface area contributed by atoms with Crippen LogP contribution in [0.25, 0.3) is 0 Å². The molecule has 0 aromatic heterocycles. The number of hydrogen-bond acceptors (Lipinski definition) is 4. The minimum Gasteiger partial charge on any atom is -0.494 e. The monoisotopic (exact) mass is 506 g/mol. The van der Waals surface area contributed by atoms with Crippen molar-refractivity contribution in [3.63, 3.8) is 0 Å². The molecule has 1 saturated carbocycles. The van der Waals surface area contributed by atoms with Crippen LogP contribution < -0.4 is 4.74 Å². The maximum atomic E-state index is 6.04. The Morgan fingerprint density at radius 1 is 0.686 bits per heavy atom. The largest absolute Gasteiger partial charge is 0.501 e. The summed E-state index contributed by atoms with van der Waals surface area (Å²) < 4.78 is 23.8. The van der Waals surface area contributed by atoms with E-state index < -0.39 is 8.80 Å². The molecule has 0 atom stereocenters. The molecule has 1 fully saturated rings. The van der Waals surface area contributed by atoms with Crippen molar-refractivity contribution in [3.8, 4) is 5.75 Å². The van der Waals surface area contributed by atoms with E-state index in [-0.39, 0.29) is 0 Å². The fourth-order valence-electron chi connectivity index (χ4n) is 5.49. The first kappa shape index (κ1) is 30.3. The van der Waals surface area contributed by atoms with Crippen LogP contribution >= 0.6 is 0 Å². The highest BCUT2D eigenvalue weighted by Crippen LogP contribution is 2.38. The Bertz CT molecular complexity index is 611. The third-order valence-corrected chi connectivity index (χ3v) is 10.6. The lowest BCUT2D eigenvalue weighted by Crippen LogP contribution is -2.46. The molecule has 0 bridgehead atoms. The maximum absolute atomic E-state index is 6.04. The number of hydrogen-bond donors (Lipinski definition) is 0. The van der Waals surface area contributed by atoms with Gasteiger partial charge in [0.25, 0.3) is 0 Å². The smallest absolute Gasteiger partial charge is 0.494 e. The van der Waals surface area contributed by atoms with Crippen LogP contribution in [-0.4, -0.2) is 35.2 Å². The molecule has 0 unspecified atom stereocenters. The van der Waals surface area contributed by atoms with Crippen LogP contribution in [0.4, 0.5) is 0 Å². The van der Waals surface area contributed by atoms with Gasteiger partial charge in [0.1, 0.15) is 5.75 Å². The van der Waals surface area contributed by atoms with Crippen LogP contribution in [-0.2, 0) is 13.3 Å². The van der Waals surface area contributed by atoms with E-state index in [0.717, 1.165) is 30.1 Å². The highest BCUT2D eigenvalue weighted by atomic mass is 28.4. The maximum Gasteiger partial charge on any atom is 0.501 e. The molecule has 0 amide bonds. The van der Waals surface area contributed by atoms with Crippen molar-refractivity contribution in [1.82, 2.24) is 0 Å². The minimum atomic E-state index is -2.57. The van der Waals surface area contributed by atoms with Gasteiger partial charge in [-0.1, -0.05) is 70.4 Å². The molecule has 0 N–H and O–H groups in total. The van der Waals surface area contributed by atoms with Gasteiger partial charge in [0.05, 0.1) is 6.61 Å². The number of unbranched alkanes of at least 4 members (excludes halogenated alkanes) is 6. The fraction of sp³-hybridized carbons (Fsp3) is 0.800. The molecule has 0 spiro atoms. The van der Waals surface area contributed by atoms with Crippen molar-refractivity contribution >= 4 is 8.80 Å². The van der Waals surface area contributed by atoms with Crippen LogP contribution in [0.1, 0.15) is 123 Å². The van der Waals surface area contributed by atoms with E-state index in [0.29, 0.717) is 26.4 Å². The molecule has 0 saturated heterocycles. The van der Waals surface area contributed by atoms with Crippen LogP contribution in [0.5, 0.6) is 5.75 Å². The third kappa shape index (κ3) is 11.8. The Kier molecular flexibility index (Phi) is 15.9. The van der Waals surface area contributed by atoms with Gasteiger partial charge in [-0.3, -0.25) is 0 Å². The molecule has 35 heavy (non-hydrogen) atoms. The zero-order valence-electron chi connectivity index (χ0n) is 23.3. The second-order valence-electron chi connectivity index (χ2n) is 10.1. The summed E-state index contributed by atoms with van der Waals surface area (Å²) in [6.07, 6.45) is 17.8. The Labute approximate surface area is 217 Å². The topological polar surface area (TPSA) is 36.9 Å². The molecule has 0 radical (unpaired) electrons. The van der Waals surface area contributed by atoms with Crippen molar-refractivity contribution in [3.05, 3.63) is 29.8 Å². The molecule has 1 aromatic carbocycles. The summed E-state index contributed by atoms with van der Waals surface area (Å²) in [5, 5.41) is 0. The Hall–Kier alpha value is -0.883. The van der Waals surface area contributed by atoms with Crippen LogP contribution in [0.2, 0.25) is 6.04 Å². The molecule has 1 aliphatic carbocycles. The van der Waals surface area contributed by atoms with Gasteiger partial charge in [0, 0.05) is 25.9 Å². The average molecular weight is 507 g/mol. The molecule has 0 heterocycles. The highest BCUT2D eigenvalue weighted by molar-refractivity contribution is 6.60. The lowest BCUT2D eigenvalue weighted by molar-refractivity contribution is 0.0696. The predicted octanol–water partition coefficient (Wildman–Crippen LogP) is 8.92. The summed E-state index contributed by atoms with van der Waals surface area (Å²) in [4.78, 5) is 0. The number of rotatable bonds is 20. The first-order valence-electron chi connectivity index (χ1n) is 14.8. The molecule has 5 heteroatoms. The van der Waals surface area contributed by atoms with E-state index in [1.54, 1.807) is 0 Å². The fourth-order valence-corrected chi connectivity index (χ4v) is 8.07. The molecule has 2 rings (SSSR count). The molecule has 202 valence electrons. The van der Waals surface area contributed by atoms with E-state index >= 15 is 0 Å². The average Bonchev–Trinajstić information content (AvgIpc) is 2.87. The Balaban J connectivity index is 1.65. The predicted molar refractivity (Wildman–Crippen MR) is 149 cm³/mol. The van der Waals surface area contributed by atoms with Gasteiger partial charge in [-0.15, -0.1) is 0 Å². The number of benzene rings is 1.